The Bertz CT molecular complexity index is 630. The van der Waals surface area contributed by atoms with E-state index in [-0.39, 0.29) is 19.3 Å². The number of hydrogen-bond donors (Lipinski definition) is 2. The van der Waals surface area contributed by atoms with Gasteiger partial charge in [0.05, 0.1) is 37.5 Å². The number of aliphatic hydroxyl groups is 1. The second-order valence-electron chi connectivity index (χ2n) is 5.99. The van der Waals surface area contributed by atoms with Crippen LogP contribution in [0.1, 0.15) is 41.5 Å². The highest BCUT2D eigenvalue weighted by molar-refractivity contribution is 7.66. The van der Waals surface area contributed by atoms with Crippen molar-refractivity contribution in [1.82, 2.24) is 4.90 Å². The maximum Gasteiger partial charge on any atom is 0.332 e. The number of benzene rings is 1. The van der Waals surface area contributed by atoms with E-state index in [0.717, 1.165) is 4.90 Å². The van der Waals surface area contributed by atoms with E-state index in [2.05, 4.69) is 0 Å². The average Bonchev–Trinajstić information content (AvgIpc) is 2.87. The molecule has 0 fully saturated rings. The van der Waals surface area contributed by atoms with Gasteiger partial charge in [0.15, 0.2) is 0 Å². The van der Waals surface area contributed by atoms with E-state index in [9.17, 15) is 19.6 Å². The van der Waals surface area contributed by atoms with Crippen molar-refractivity contribution in [2.45, 2.75) is 32.9 Å². The maximum absolute atomic E-state index is 12.4. The summed E-state index contributed by atoms with van der Waals surface area (Å²) >= 11 is 0. The molecule has 2 N–H and O–H groups in total. The molecule has 2 atom stereocenters. The maximum atomic E-state index is 12.4. The van der Waals surface area contributed by atoms with Crippen molar-refractivity contribution in [2.75, 3.05) is 32.5 Å². The van der Waals surface area contributed by atoms with E-state index >= 15 is 0 Å². The summed E-state index contributed by atoms with van der Waals surface area (Å²) in [6.07, 6.45) is -1.36. The summed E-state index contributed by atoms with van der Waals surface area (Å²) in [4.78, 5) is 36.8. The predicted octanol–water partition coefficient (Wildman–Crippen LogP) is 1.88. The number of amides is 2. The van der Waals surface area contributed by atoms with Gasteiger partial charge in [0.25, 0.3) is 11.8 Å². The molecule has 1 aromatic rings. The molecule has 2 rings (SSSR count). The Morgan fingerprint density at radius 2 is 1.52 bits per heavy atom. The number of ether oxygens (including phenoxy) is 2. The Labute approximate surface area is 159 Å². The van der Waals surface area contributed by atoms with E-state index < -0.39 is 31.7 Å². The van der Waals surface area contributed by atoms with Crippen LogP contribution in [0.15, 0.2) is 24.3 Å². The minimum absolute atomic E-state index is 0.182. The van der Waals surface area contributed by atoms with Crippen LogP contribution in [0.3, 0.4) is 0 Å². The largest absolute Gasteiger partial charge is 0.387 e. The molecular weight excluding hydrogens is 373 g/mol. The van der Waals surface area contributed by atoms with Gasteiger partial charge in [0.1, 0.15) is 12.3 Å². The van der Waals surface area contributed by atoms with Gasteiger partial charge in [-0.3, -0.25) is 14.5 Å². The highest BCUT2D eigenvalue weighted by Crippen LogP contribution is 2.61. The molecule has 0 aromatic heterocycles. The SMILES string of the molecule is CCOC(OCC)[P+](O)(CC(O)CN1C(=O)c2ccccc2C1=O)OCC. The first-order valence-electron chi connectivity index (χ1n) is 8.99. The zero-order valence-corrected chi connectivity index (χ0v) is 16.7. The van der Waals surface area contributed by atoms with Gasteiger partial charge in [0, 0.05) is 0 Å². The van der Waals surface area contributed by atoms with Crippen LogP contribution in [-0.4, -0.2) is 71.4 Å². The fraction of sp³-hybridized carbons (Fsp3) is 0.556. The Morgan fingerprint density at radius 1 is 1.00 bits per heavy atom. The third-order valence-electron chi connectivity index (χ3n) is 4.04. The predicted molar refractivity (Wildman–Crippen MR) is 100 cm³/mol. The van der Waals surface area contributed by atoms with Crippen LogP contribution >= 0.6 is 7.72 Å². The quantitative estimate of drug-likeness (QED) is 0.332. The van der Waals surface area contributed by atoms with Crippen molar-refractivity contribution in [3.05, 3.63) is 35.4 Å². The van der Waals surface area contributed by atoms with Crippen molar-refractivity contribution in [3.8, 4) is 0 Å². The molecule has 2 amide bonds. The minimum Gasteiger partial charge on any atom is -0.387 e. The number of aliphatic hydroxyl groups excluding tert-OH is 1. The lowest BCUT2D eigenvalue weighted by Crippen LogP contribution is -2.40. The van der Waals surface area contributed by atoms with Crippen LogP contribution in [0.5, 0.6) is 0 Å². The third-order valence-corrected chi connectivity index (χ3v) is 6.65. The first-order chi connectivity index (χ1) is 12.9. The lowest BCUT2D eigenvalue weighted by atomic mass is 10.1. The standard InChI is InChI=1S/C18H27NO7P/c1-4-24-18(25-5-2)27(23,26-6-3)12-13(20)11-19-16(21)14-9-7-8-10-15(14)17(19)22/h7-10,13,18,20,23H,4-6,11-12H2,1-3H3/q+1. The Hall–Kier alpha value is -1.41. The van der Waals surface area contributed by atoms with Gasteiger partial charge in [-0.15, -0.1) is 0 Å². The van der Waals surface area contributed by atoms with Crippen LogP contribution in [0.4, 0.5) is 0 Å². The Balaban J connectivity index is 2.11. The van der Waals surface area contributed by atoms with Crippen molar-refractivity contribution in [3.63, 3.8) is 0 Å². The molecule has 0 spiro atoms. The van der Waals surface area contributed by atoms with E-state index in [1.165, 1.54) is 0 Å². The number of carbonyl (C=O) groups is 2. The number of imide groups is 1. The summed E-state index contributed by atoms with van der Waals surface area (Å²) in [5.74, 6) is -0.918. The molecule has 0 saturated carbocycles. The zero-order valence-electron chi connectivity index (χ0n) is 15.8. The van der Waals surface area contributed by atoms with Crippen LogP contribution in [0, 0.1) is 0 Å². The summed E-state index contributed by atoms with van der Waals surface area (Å²) in [7, 11) is -3.28. The van der Waals surface area contributed by atoms with Gasteiger partial charge < -0.3 is 14.6 Å². The molecule has 150 valence electrons. The van der Waals surface area contributed by atoms with Crippen LogP contribution in [0.2, 0.25) is 0 Å². The van der Waals surface area contributed by atoms with Gasteiger partial charge in [0.2, 0.25) is 0 Å². The summed E-state index contributed by atoms with van der Waals surface area (Å²) in [6.45, 7) is 5.81. The number of fused-ring (bicyclic) bond motifs is 1. The second kappa shape index (κ2) is 9.68. The first-order valence-corrected chi connectivity index (χ1v) is 10.9. The summed E-state index contributed by atoms with van der Waals surface area (Å²) < 4.78 is 16.4. The monoisotopic (exact) mass is 400 g/mol. The molecular formula is C18H27NO7P+. The molecule has 8 nitrogen and oxygen atoms in total. The molecule has 1 aliphatic heterocycles. The number of hydrogen-bond acceptors (Lipinski definition) is 7. The molecule has 1 aromatic carbocycles. The smallest absolute Gasteiger partial charge is 0.332 e. The molecule has 27 heavy (non-hydrogen) atoms. The fourth-order valence-corrected chi connectivity index (χ4v) is 5.29. The summed E-state index contributed by atoms with van der Waals surface area (Å²) in [5.41, 5.74) is 0.622. The van der Waals surface area contributed by atoms with Crippen LogP contribution < -0.4 is 0 Å². The number of nitrogens with zero attached hydrogens (tertiary/aromatic N) is 1. The van der Waals surface area contributed by atoms with Crippen LogP contribution in [-0.2, 0) is 14.0 Å². The normalized spacial score (nSPS) is 17.3. The lowest BCUT2D eigenvalue weighted by Gasteiger charge is -2.28. The van der Waals surface area contributed by atoms with E-state index in [1.807, 2.05) is 0 Å². The van der Waals surface area contributed by atoms with Crippen molar-refractivity contribution in [2.24, 2.45) is 0 Å². The summed E-state index contributed by atoms with van der Waals surface area (Å²) in [6, 6.07) is 5.51. The average molecular weight is 400 g/mol. The number of β-amino-alcohol motifs (C(OH)–C–C–N with tert-alkyl or cyclic N) is 1. The lowest BCUT2D eigenvalue weighted by molar-refractivity contribution is -0.0940. The second-order valence-corrected chi connectivity index (χ2v) is 8.55. The third kappa shape index (κ3) is 4.90. The van der Waals surface area contributed by atoms with Gasteiger partial charge >= 0.3 is 13.7 Å². The topological polar surface area (TPSA) is 106 Å². The van der Waals surface area contributed by atoms with Gasteiger partial charge in [-0.05, 0) is 32.9 Å². The van der Waals surface area contributed by atoms with E-state index in [4.69, 9.17) is 14.0 Å². The molecule has 1 aliphatic rings. The van der Waals surface area contributed by atoms with Gasteiger partial charge in [-0.1, -0.05) is 12.1 Å². The van der Waals surface area contributed by atoms with Gasteiger partial charge in [-0.25, -0.2) is 9.42 Å². The molecule has 0 aliphatic carbocycles. The zero-order chi connectivity index (χ0) is 20.0. The highest BCUT2D eigenvalue weighted by atomic mass is 31.2. The van der Waals surface area contributed by atoms with Crippen molar-refractivity contribution >= 4 is 19.5 Å². The fourth-order valence-electron chi connectivity index (χ4n) is 2.96. The number of rotatable bonds is 11. The Morgan fingerprint density at radius 3 is 1.96 bits per heavy atom. The first kappa shape index (κ1) is 21.9. The minimum atomic E-state index is -3.28. The molecule has 0 saturated heterocycles. The molecule has 2 unspecified atom stereocenters. The molecule has 0 bridgehead atoms. The van der Waals surface area contributed by atoms with E-state index in [0.29, 0.717) is 24.3 Å². The van der Waals surface area contributed by atoms with Crippen LogP contribution in [0.25, 0.3) is 0 Å². The molecule has 0 radical (unpaired) electrons. The highest BCUT2D eigenvalue weighted by Gasteiger charge is 2.52. The van der Waals surface area contributed by atoms with Crippen molar-refractivity contribution in [1.29, 1.82) is 0 Å². The number of carbonyl (C=O) groups excluding carboxylic acids is 2. The van der Waals surface area contributed by atoms with Gasteiger partial charge in [-0.2, -0.15) is 0 Å². The van der Waals surface area contributed by atoms with E-state index in [1.54, 1.807) is 45.0 Å². The Kier molecular flexibility index (Phi) is 7.85. The molecule has 1 heterocycles. The molecule has 9 heteroatoms. The van der Waals surface area contributed by atoms with Crippen molar-refractivity contribution < 1.29 is 33.6 Å². The summed E-state index contributed by atoms with van der Waals surface area (Å²) in [5, 5.41) is 10.5.